The summed E-state index contributed by atoms with van der Waals surface area (Å²) in [6.07, 6.45) is 2.72. The van der Waals surface area contributed by atoms with E-state index in [1.54, 1.807) is 6.20 Å². The molecule has 0 aliphatic rings. The van der Waals surface area contributed by atoms with Gasteiger partial charge in [0.05, 0.1) is 17.4 Å². The molecule has 0 radical (unpaired) electrons. The van der Waals surface area contributed by atoms with Crippen molar-refractivity contribution in [1.29, 1.82) is 0 Å². The van der Waals surface area contributed by atoms with Gasteiger partial charge in [0.1, 0.15) is 0 Å². The zero-order chi connectivity index (χ0) is 13.0. The third kappa shape index (κ3) is 2.91. The molecule has 1 aromatic heterocycles. The maximum absolute atomic E-state index is 5.86. The van der Waals surface area contributed by atoms with E-state index in [1.807, 2.05) is 18.2 Å². The summed E-state index contributed by atoms with van der Waals surface area (Å²) in [7, 11) is 0. The predicted octanol–water partition coefficient (Wildman–Crippen LogP) is 3.70. The van der Waals surface area contributed by atoms with Crippen molar-refractivity contribution in [3.05, 3.63) is 30.5 Å². The molecule has 3 nitrogen and oxygen atoms in total. The maximum atomic E-state index is 5.86. The van der Waals surface area contributed by atoms with Crippen LogP contribution in [-0.2, 0) is 0 Å². The minimum Gasteiger partial charge on any atom is -0.380 e. The first-order valence-corrected chi connectivity index (χ1v) is 6.78. The summed E-state index contributed by atoms with van der Waals surface area (Å²) in [5.74, 6) is 1.18. The number of hydrogen-bond acceptors (Lipinski definition) is 3. The van der Waals surface area contributed by atoms with Crippen LogP contribution in [-0.4, -0.2) is 22.1 Å². The number of hydrogen-bond donors (Lipinski definition) is 1. The molecule has 0 spiro atoms. The number of fused-ring (bicyclic) bond motifs is 1. The summed E-state index contributed by atoms with van der Waals surface area (Å²) in [6, 6.07) is 8.37. The van der Waals surface area contributed by atoms with Gasteiger partial charge in [-0.15, -0.1) is 11.6 Å². The number of alkyl halides is 1. The molecule has 0 saturated heterocycles. The zero-order valence-electron chi connectivity index (χ0n) is 10.7. The van der Waals surface area contributed by atoms with Crippen molar-refractivity contribution in [2.24, 2.45) is 5.92 Å². The average Bonchev–Trinajstić information content (AvgIpc) is 2.38. The zero-order valence-corrected chi connectivity index (χ0v) is 11.5. The first-order valence-electron chi connectivity index (χ1n) is 6.25. The van der Waals surface area contributed by atoms with Gasteiger partial charge >= 0.3 is 0 Å². The van der Waals surface area contributed by atoms with Crippen molar-refractivity contribution in [2.45, 2.75) is 26.3 Å². The number of rotatable bonds is 5. The number of nitrogens with zero attached hydrogens (tertiary/aromatic N) is 2. The number of nitrogens with one attached hydrogen (secondary N) is 1. The van der Waals surface area contributed by atoms with Crippen LogP contribution in [0.1, 0.15) is 20.3 Å². The lowest BCUT2D eigenvalue weighted by molar-refractivity contribution is 0.513. The Kier molecular flexibility index (Phi) is 4.37. The van der Waals surface area contributed by atoms with Gasteiger partial charge in [0.15, 0.2) is 0 Å². The van der Waals surface area contributed by atoms with Gasteiger partial charge in [-0.05, 0) is 18.4 Å². The SMILES string of the molecule is CC(C)C(CCCl)Nc1cnnc2ccccc12. The summed E-state index contributed by atoms with van der Waals surface area (Å²) >= 11 is 5.86. The van der Waals surface area contributed by atoms with Crippen LogP contribution in [0.25, 0.3) is 10.9 Å². The molecular weight excluding hydrogens is 246 g/mol. The van der Waals surface area contributed by atoms with Gasteiger partial charge in [-0.2, -0.15) is 10.2 Å². The van der Waals surface area contributed by atoms with E-state index in [0.717, 1.165) is 23.0 Å². The first kappa shape index (κ1) is 13.1. The number of benzene rings is 1. The quantitative estimate of drug-likeness (QED) is 0.836. The molecule has 0 aliphatic carbocycles. The molecule has 0 fully saturated rings. The monoisotopic (exact) mass is 263 g/mol. The minimum absolute atomic E-state index is 0.357. The van der Waals surface area contributed by atoms with Gasteiger partial charge in [-0.1, -0.05) is 32.0 Å². The standard InChI is InChI=1S/C14H18ClN3/c1-10(2)12(7-8-15)17-14-9-16-18-13-6-4-3-5-11(13)14/h3-6,9-10,12H,7-8H2,1-2H3,(H,17,18). The lowest BCUT2D eigenvalue weighted by atomic mass is 10.0. The van der Waals surface area contributed by atoms with Crippen LogP contribution in [0, 0.1) is 5.92 Å². The highest BCUT2D eigenvalue weighted by atomic mass is 35.5. The van der Waals surface area contributed by atoms with Crippen LogP contribution >= 0.6 is 11.6 Å². The molecule has 18 heavy (non-hydrogen) atoms. The van der Waals surface area contributed by atoms with Gasteiger partial charge in [0, 0.05) is 17.3 Å². The second-order valence-corrected chi connectivity index (χ2v) is 5.13. The van der Waals surface area contributed by atoms with E-state index >= 15 is 0 Å². The highest BCUT2D eigenvalue weighted by molar-refractivity contribution is 6.17. The number of aromatic nitrogens is 2. The van der Waals surface area contributed by atoms with E-state index in [1.165, 1.54) is 0 Å². The lowest BCUT2D eigenvalue weighted by Gasteiger charge is -2.23. The fraction of sp³-hybridized carbons (Fsp3) is 0.429. The Bertz CT molecular complexity index is 508. The molecule has 0 amide bonds. The van der Waals surface area contributed by atoms with Crippen molar-refractivity contribution in [2.75, 3.05) is 11.2 Å². The molecule has 4 heteroatoms. The topological polar surface area (TPSA) is 37.8 Å². The molecule has 0 aliphatic heterocycles. The van der Waals surface area contributed by atoms with Gasteiger partial charge < -0.3 is 5.32 Å². The Hall–Kier alpha value is -1.35. The predicted molar refractivity (Wildman–Crippen MR) is 77.1 cm³/mol. The lowest BCUT2D eigenvalue weighted by Crippen LogP contribution is -2.26. The third-order valence-electron chi connectivity index (χ3n) is 3.11. The van der Waals surface area contributed by atoms with Gasteiger partial charge in [0.2, 0.25) is 0 Å². The Balaban J connectivity index is 2.30. The molecule has 0 bridgehead atoms. The summed E-state index contributed by atoms with van der Waals surface area (Å²) in [5, 5.41) is 12.8. The molecular formula is C14H18ClN3. The van der Waals surface area contributed by atoms with Crippen molar-refractivity contribution in [1.82, 2.24) is 10.2 Å². The average molecular weight is 264 g/mol. The molecule has 0 saturated carbocycles. The van der Waals surface area contributed by atoms with Crippen molar-refractivity contribution in [3.63, 3.8) is 0 Å². The third-order valence-corrected chi connectivity index (χ3v) is 3.33. The molecule has 96 valence electrons. The smallest absolute Gasteiger partial charge is 0.0950 e. The van der Waals surface area contributed by atoms with E-state index < -0.39 is 0 Å². The minimum atomic E-state index is 0.357. The molecule has 1 atom stereocenters. The fourth-order valence-corrected chi connectivity index (χ4v) is 2.25. The number of halogens is 1. The van der Waals surface area contributed by atoms with Crippen molar-refractivity contribution >= 4 is 28.2 Å². The molecule has 1 unspecified atom stereocenters. The van der Waals surface area contributed by atoms with Crippen LogP contribution in [0.4, 0.5) is 5.69 Å². The van der Waals surface area contributed by atoms with Crippen LogP contribution in [0.2, 0.25) is 0 Å². The van der Waals surface area contributed by atoms with E-state index in [9.17, 15) is 0 Å². The summed E-state index contributed by atoms with van der Waals surface area (Å²) < 4.78 is 0. The second kappa shape index (κ2) is 6.01. The summed E-state index contributed by atoms with van der Waals surface area (Å²) in [5.41, 5.74) is 1.94. The summed E-state index contributed by atoms with van der Waals surface area (Å²) in [6.45, 7) is 4.39. The van der Waals surface area contributed by atoms with Crippen LogP contribution in [0.5, 0.6) is 0 Å². The Morgan fingerprint density at radius 3 is 2.78 bits per heavy atom. The Morgan fingerprint density at radius 1 is 1.28 bits per heavy atom. The van der Waals surface area contributed by atoms with Gasteiger partial charge in [0.25, 0.3) is 0 Å². The normalized spacial score (nSPS) is 12.9. The van der Waals surface area contributed by atoms with Crippen LogP contribution < -0.4 is 5.32 Å². The second-order valence-electron chi connectivity index (χ2n) is 4.75. The highest BCUT2D eigenvalue weighted by Crippen LogP contribution is 2.23. The Morgan fingerprint density at radius 2 is 2.06 bits per heavy atom. The van der Waals surface area contributed by atoms with Crippen molar-refractivity contribution < 1.29 is 0 Å². The van der Waals surface area contributed by atoms with Crippen LogP contribution in [0.3, 0.4) is 0 Å². The highest BCUT2D eigenvalue weighted by Gasteiger charge is 2.14. The molecule has 1 heterocycles. The molecule has 2 rings (SSSR count). The fourth-order valence-electron chi connectivity index (χ4n) is 2.01. The molecule has 2 aromatic rings. The van der Waals surface area contributed by atoms with Gasteiger partial charge in [-0.3, -0.25) is 0 Å². The van der Waals surface area contributed by atoms with E-state index in [0.29, 0.717) is 17.8 Å². The molecule has 1 N–H and O–H groups in total. The van der Waals surface area contributed by atoms with Crippen molar-refractivity contribution in [3.8, 4) is 0 Å². The first-order chi connectivity index (χ1) is 8.72. The van der Waals surface area contributed by atoms with E-state index in [2.05, 4.69) is 35.4 Å². The van der Waals surface area contributed by atoms with Crippen LogP contribution in [0.15, 0.2) is 30.5 Å². The number of anilines is 1. The largest absolute Gasteiger partial charge is 0.380 e. The maximum Gasteiger partial charge on any atom is 0.0950 e. The Labute approximate surface area is 113 Å². The van der Waals surface area contributed by atoms with Gasteiger partial charge in [-0.25, -0.2) is 0 Å². The molecule has 1 aromatic carbocycles. The summed E-state index contributed by atoms with van der Waals surface area (Å²) in [4.78, 5) is 0. The van der Waals surface area contributed by atoms with E-state index in [-0.39, 0.29) is 0 Å². The van der Waals surface area contributed by atoms with E-state index in [4.69, 9.17) is 11.6 Å².